The van der Waals surface area contributed by atoms with Crippen LogP contribution in [0.15, 0.2) is 24.3 Å². The molecule has 3 atom stereocenters. The molecule has 2 unspecified atom stereocenters. The first-order valence-electron chi connectivity index (χ1n) is 14.8. The smallest absolute Gasteiger partial charge is 0.317 e. The van der Waals surface area contributed by atoms with Gasteiger partial charge in [0.15, 0.2) is 0 Å². The zero-order valence-electron chi connectivity index (χ0n) is 23.0. The van der Waals surface area contributed by atoms with Crippen molar-refractivity contribution in [2.45, 2.75) is 88.7 Å². The minimum Gasteiger partial charge on any atom is -0.385 e. The number of hydrogen-bond acceptors (Lipinski definition) is 4. The Hall–Kier alpha value is -1.83. The Balaban J connectivity index is 1.40. The molecular weight excluding hydrogens is 500 g/mol. The van der Waals surface area contributed by atoms with E-state index in [4.69, 9.17) is 11.6 Å². The van der Waals surface area contributed by atoms with Crippen LogP contribution in [0.3, 0.4) is 0 Å². The van der Waals surface area contributed by atoms with Gasteiger partial charge in [-0.2, -0.15) is 0 Å². The third-order valence-electron chi connectivity index (χ3n) is 8.81. The zero-order valence-corrected chi connectivity index (χ0v) is 23.8. The van der Waals surface area contributed by atoms with Crippen LogP contribution in [0.2, 0.25) is 5.02 Å². The van der Waals surface area contributed by atoms with Gasteiger partial charge in [0.1, 0.15) is 0 Å². The molecule has 212 valence electrons. The van der Waals surface area contributed by atoms with E-state index in [-0.39, 0.29) is 29.8 Å². The first-order valence-corrected chi connectivity index (χ1v) is 15.2. The molecule has 0 radical (unpaired) electrons. The van der Waals surface area contributed by atoms with E-state index in [0.717, 1.165) is 44.2 Å². The Kier molecular flexibility index (Phi) is 10.7. The zero-order chi connectivity index (χ0) is 27.0. The van der Waals surface area contributed by atoms with Crippen molar-refractivity contribution in [3.63, 3.8) is 0 Å². The van der Waals surface area contributed by atoms with Crippen molar-refractivity contribution in [1.82, 2.24) is 20.9 Å². The second kappa shape index (κ2) is 14.0. The van der Waals surface area contributed by atoms with Gasteiger partial charge in [-0.25, -0.2) is 4.79 Å². The van der Waals surface area contributed by atoms with Crippen LogP contribution in [0.25, 0.3) is 0 Å². The summed E-state index contributed by atoms with van der Waals surface area (Å²) in [5, 5.41) is 22.3. The van der Waals surface area contributed by atoms with Crippen LogP contribution >= 0.6 is 11.6 Å². The molecule has 3 aliphatic rings. The molecule has 1 saturated heterocycles. The standard InChI is InChI=1S/C30H47ClN4O3/c1-32-20-27(18-22-8-3-2-4-9-22)34-29(37)35-17-6-11-25(21-35)30(38,24-10-5-12-26(31)19-24)15-7-16-33-28(36)23-13-14-23/h5,10,12,19,22-23,25,27,32,38H,2-4,6-9,11,13-18,20-21H2,1H3,(H,33,36)(H,34,37)/t25?,27?,30-/m1/s1. The average Bonchev–Trinajstić information content (AvgIpc) is 3.77. The van der Waals surface area contributed by atoms with Crippen molar-refractivity contribution in [2.24, 2.45) is 17.8 Å². The topological polar surface area (TPSA) is 93.7 Å². The highest BCUT2D eigenvalue weighted by Gasteiger charge is 2.41. The lowest BCUT2D eigenvalue weighted by Crippen LogP contribution is -2.54. The second-order valence-electron chi connectivity index (χ2n) is 11.8. The van der Waals surface area contributed by atoms with E-state index < -0.39 is 5.60 Å². The molecule has 0 bridgehead atoms. The van der Waals surface area contributed by atoms with E-state index in [2.05, 4.69) is 16.0 Å². The predicted octanol–water partition coefficient (Wildman–Crippen LogP) is 4.81. The third kappa shape index (κ3) is 8.09. The Morgan fingerprint density at radius 1 is 1.13 bits per heavy atom. The number of likely N-dealkylation sites (tertiary alicyclic amines) is 1. The Bertz CT molecular complexity index is 921. The molecule has 1 aliphatic heterocycles. The van der Waals surface area contributed by atoms with Crippen molar-refractivity contribution >= 4 is 23.5 Å². The number of nitrogens with one attached hydrogen (secondary N) is 3. The summed E-state index contributed by atoms with van der Waals surface area (Å²) < 4.78 is 0. The second-order valence-corrected chi connectivity index (χ2v) is 12.3. The molecule has 4 rings (SSSR count). The summed E-state index contributed by atoms with van der Waals surface area (Å²) in [5.41, 5.74) is -0.336. The lowest BCUT2D eigenvalue weighted by atomic mass is 9.74. The van der Waals surface area contributed by atoms with Gasteiger partial charge in [-0.3, -0.25) is 4.79 Å². The van der Waals surface area contributed by atoms with E-state index in [1.807, 2.05) is 36.2 Å². The summed E-state index contributed by atoms with van der Waals surface area (Å²) in [7, 11) is 1.94. The summed E-state index contributed by atoms with van der Waals surface area (Å²) >= 11 is 6.33. The van der Waals surface area contributed by atoms with Crippen molar-refractivity contribution in [3.05, 3.63) is 34.9 Å². The molecule has 2 saturated carbocycles. The van der Waals surface area contributed by atoms with E-state index in [9.17, 15) is 14.7 Å². The number of halogens is 1. The first kappa shape index (κ1) is 29.2. The maximum Gasteiger partial charge on any atom is 0.317 e. The number of nitrogens with zero attached hydrogens (tertiary/aromatic N) is 1. The lowest BCUT2D eigenvalue weighted by Gasteiger charge is -2.43. The number of piperidine rings is 1. The summed E-state index contributed by atoms with van der Waals surface area (Å²) in [4.78, 5) is 27.4. The normalized spacial score (nSPS) is 22.9. The molecule has 0 spiro atoms. The maximum atomic E-state index is 13.4. The van der Waals surface area contributed by atoms with Crippen LogP contribution in [-0.2, 0) is 10.4 Å². The summed E-state index contributed by atoms with van der Waals surface area (Å²) in [6.07, 6.45) is 12.3. The van der Waals surface area contributed by atoms with Gasteiger partial charge in [0.25, 0.3) is 0 Å². The van der Waals surface area contributed by atoms with Gasteiger partial charge in [0, 0.05) is 49.1 Å². The van der Waals surface area contributed by atoms with Gasteiger partial charge in [-0.05, 0) is 75.6 Å². The minimum atomic E-state index is -1.12. The van der Waals surface area contributed by atoms with Gasteiger partial charge in [-0.15, -0.1) is 0 Å². The molecule has 3 amide bonds. The maximum absolute atomic E-state index is 13.4. The SMILES string of the molecule is CNCC(CC1CCCCC1)NC(=O)N1CCCC([C@@](O)(CCCNC(=O)C2CC2)c2cccc(Cl)c2)C1. The fourth-order valence-electron chi connectivity index (χ4n) is 6.48. The fourth-order valence-corrected chi connectivity index (χ4v) is 6.67. The van der Waals surface area contributed by atoms with Crippen LogP contribution in [-0.4, -0.2) is 61.2 Å². The molecule has 1 aromatic rings. The van der Waals surface area contributed by atoms with E-state index >= 15 is 0 Å². The molecule has 3 fully saturated rings. The number of carbonyl (C=O) groups excluding carboxylic acids is 2. The average molecular weight is 547 g/mol. The number of aliphatic hydroxyl groups is 1. The molecule has 38 heavy (non-hydrogen) atoms. The Morgan fingerprint density at radius 2 is 1.92 bits per heavy atom. The molecule has 8 heteroatoms. The summed E-state index contributed by atoms with van der Waals surface area (Å²) in [6.45, 7) is 2.50. The van der Waals surface area contributed by atoms with Gasteiger partial charge >= 0.3 is 6.03 Å². The lowest BCUT2D eigenvalue weighted by molar-refractivity contribution is -0.122. The van der Waals surface area contributed by atoms with Crippen molar-refractivity contribution in [1.29, 1.82) is 0 Å². The van der Waals surface area contributed by atoms with Gasteiger partial charge in [-0.1, -0.05) is 55.8 Å². The summed E-state index contributed by atoms with van der Waals surface area (Å²) in [5.74, 6) is 0.878. The highest BCUT2D eigenvalue weighted by molar-refractivity contribution is 6.30. The molecule has 7 nitrogen and oxygen atoms in total. The molecule has 1 aromatic carbocycles. The molecule has 1 heterocycles. The van der Waals surface area contributed by atoms with Crippen LogP contribution in [0, 0.1) is 17.8 Å². The Morgan fingerprint density at radius 3 is 2.63 bits per heavy atom. The highest BCUT2D eigenvalue weighted by atomic mass is 35.5. The van der Waals surface area contributed by atoms with E-state index in [0.29, 0.717) is 43.4 Å². The third-order valence-corrected chi connectivity index (χ3v) is 9.05. The number of benzene rings is 1. The molecular formula is C30H47ClN4O3. The number of rotatable bonds is 12. The summed E-state index contributed by atoms with van der Waals surface area (Å²) in [6, 6.07) is 7.54. The first-order chi connectivity index (χ1) is 18.4. The molecule has 0 aromatic heterocycles. The van der Waals surface area contributed by atoms with Crippen LogP contribution < -0.4 is 16.0 Å². The van der Waals surface area contributed by atoms with E-state index in [1.54, 1.807) is 0 Å². The number of hydrogen-bond donors (Lipinski definition) is 4. The van der Waals surface area contributed by atoms with Crippen LogP contribution in [0.5, 0.6) is 0 Å². The van der Waals surface area contributed by atoms with Crippen molar-refractivity contribution < 1.29 is 14.7 Å². The van der Waals surface area contributed by atoms with Gasteiger partial charge in [0.05, 0.1) is 5.60 Å². The van der Waals surface area contributed by atoms with Gasteiger partial charge in [0.2, 0.25) is 5.91 Å². The van der Waals surface area contributed by atoms with Gasteiger partial charge < -0.3 is 26.0 Å². The molecule has 2 aliphatic carbocycles. The number of carbonyl (C=O) groups is 2. The van der Waals surface area contributed by atoms with E-state index in [1.165, 1.54) is 32.1 Å². The van der Waals surface area contributed by atoms with Crippen LogP contribution in [0.1, 0.15) is 82.6 Å². The Labute approximate surface area is 233 Å². The minimum absolute atomic E-state index is 0.0316. The highest BCUT2D eigenvalue weighted by Crippen LogP contribution is 2.40. The van der Waals surface area contributed by atoms with Crippen molar-refractivity contribution in [2.75, 3.05) is 33.2 Å². The van der Waals surface area contributed by atoms with Crippen molar-refractivity contribution in [3.8, 4) is 0 Å². The fraction of sp³-hybridized carbons (Fsp3) is 0.733. The number of urea groups is 1. The quantitative estimate of drug-likeness (QED) is 0.283. The molecule has 4 N–H and O–H groups in total. The van der Waals surface area contributed by atoms with Crippen LogP contribution in [0.4, 0.5) is 4.79 Å². The number of amides is 3. The number of likely N-dealkylation sites (N-methyl/N-ethyl adjacent to an activating group) is 1. The monoisotopic (exact) mass is 546 g/mol. The largest absolute Gasteiger partial charge is 0.385 e. The predicted molar refractivity (Wildman–Crippen MR) is 152 cm³/mol.